The molecular weight excluding hydrogens is 357 g/mol. The minimum absolute atomic E-state index is 0.214. The average Bonchev–Trinajstić information content (AvgIpc) is 2.75. The Morgan fingerprint density at radius 2 is 2.30 bits per heavy atom. The molecule has 0 bridgehead atoms. The van der Waals surface area contributed by atoms with Crippen molar-refractivity contribution in [2.24, 2.45) is 0 Å². The highest BCUT2D eigenvalue weighted by Crippen LogP contribution is 2.34. The number of benzene rings is 1. The molecule has 2 rings (SSSR count). The molecule has 1 amide bonds. The van der Waals surface area contributed by atoms with Gasteiger partial charge >= 0.3 is 5.97 Å². The van der Waals surface area contributed by atoms with Crippen LogP contribution in [-0.4, -0.2) is 44.3 Å². The van der Waals surface area contributed by atoms with Gasteiger partial charge in [-0.2, -0.15) is 11.8 Å². The van der Waals surface area contributed by atoms with Crippen molar-refractivity contribution in [2.45, 2.75) is 12.5 Å². The van der Waals surface area contributed by atoms with E-state index in [1.54, 1.807) is 12.1 Å². The third kappa shape index (κ3) is 4.33. The Balaban J connectivity index is 2.26. The highest BCUT2D eigenvalue weighted by molar-refractivity contribution is 8.26. The Hall–Kier alpha value is -1.38. The molecule has 4 nitrogen and oxygen atoms in total. The molecule has 1 heterocycles. The number of carboxylic acid groups (broad SMARTS) is 1. The largest absolute Gasteiger partial charge is 0.480 e. The van der Waals surface area contributed by atoms with E-state index in [0.29, 0.717) is 22.6 Å². The van der Waals surface area contributed by atoms with E-state index in [2.05, 4.69) is 0 Å². The van der Waals surface area contributed by atoms with E-state index in [0.717, 1.165) is 16.7 Å². The lowest BCUT2D eigenvalue weighted by molar-refractivity contribution is -0.145. The first kappa shape index (κ1) is 18.0. The van der Waals surface area contributed by atoms with Crippen molar-refractivity contribution >= 4 is 58.0 Å². The van der Waals surface area contributed by atoms with Crippen LogP contribution in [0.15, 0.2) is 29.2 Å². The molecule has 1 aliphatic heterocycles. The van der Waals surface area contributed by atoms with Crippen LogP contribution in [0.5, 0.6) is 0 Å². The van der Waals surface area contributed by atoms with Crippen molar-refractivity contribution in [2.75, 3.05) is 12.0 Å². The van der Waals surface area contributed by atoms with E-state index < -0.39 is 23.7 Å². The van der Waals surface area contributed by atoms with E-state index in [9.17, 15) is 19.1 Å². The number of halogens is 1. The highest BCUT2D eigenvalue weighted by Gasteiger charge is 2.40. The van der Waals surface area contributed by atoms with Gasteiger partial charge in [0.15, 0.2) is 0 Å². The van der Waals surface area contributed by atoms with E-state index in [1.807, 2.05) is 6.26 Å². The summed E-state index contributed by atoms with van der Waals surface area (Å²) >= 11 is 7.71. The quantitative estimate of drug-likeness (QED) is 0.612. The zero-order valence-corrected chi connectivity index (χ0v) is 14.6. The molecule has 0 spiro atoms. The van der Waals surface area contributed by atoms with Crippen LogP contribution < -0.4 is 0 Å². The summed E-state index contributed by atoms with van der Waals surface area (Å²) in [5, 5.41) is 9.37. The molecule has 1 aromatic carbocycles. The predicted octanol–water partition coefficient (Wildman–Crippen LogP) is 3.23. The summed E-state index contributed by atoms with van der Waals surface area (Å²) in [7, 11) is 0. The average molecular weight is 371 g/mol. The summed E-state index contributed by atoms with van der Waals surface area (Å²) in [5.41, 5.74) is 0.529. The van der Waals surface area contributed by atoms with Crippen LogP contribution in [-0.2, 0) is 9.59 Å². The van der Waals surface area contributed by atoms with Gasteiger partial charge in [-0.3, -0.25) is 9.69 Å². The maximum absolute atomic E-state index is 13.2. The monoisotopic (exact) mass is 371 g/mol. The van der Waals surface area contributed by atoms with Gasteiger partial charge in [-0.15, -0.1) is 0 Å². The first-order chi connectivity index (χ1) is 10.9. The fourth-order valence-corrected chi connectivity index (χ4v) is 3.90. The molecule has 0 aromatic heterocycles. The Bertz CT molecular complexity index is 678. The lowest BCUT2D eigenvalue weighted by atomic mass is 10.1. The van der Waals surface area contributed by atoms with E-state index in [1.165, 1.54) is 30.0 Å². The number of carbonyl (C=O) groups is 2. The van der Waals surface area contributed by atoms with Crippen LogP contribution in [0.2, 0.25) is 0 Å². The van der Waals surface area contributed by atoms with Crippen molar-refractivity contribution in [3.8, 4) is 0 Å². The summed E-state index contributed by atoms with van der Waals surface area (Å²) < 4.78 is 13.4. The second-order valence-corrected chi connectivity index (χ2v) is 7.40. The molecule has 0 aliphatic carbocycles. The zero-order valence-electron chi connectivity index (χ0n) is 12.2. The van der Waals surface area contributed by atoms with Crippen LogP contribution in [0.25, 0.3) is 6.08 Å². The lowest BCUT2D eigenvalue weighted by Crippen LogP contribution is -2.44. The van der Waals surface area contributed by atoms with Crippen molar-refractivity contribution in [3.05, 3.63) is 40.6 Å². The number of aliphatic carboxylic acids is 1. The van der Waals surface area contributed by atoms with Gasteiger partial charge in [0.1, 0.15) is 16.2 Å². The summed E-state index contributed by atoms with van der Waals surface area (Å²) in [6.45, 7) is 0. The molecule has 23 heavy (non-hydrogen) atoms. The second-order valence-electron chi connectivity index (χ2n) is 4.74. The molecule has 1 unspecified atom stereocenters. The molecule has 1 N–H and O–H groups in total. The molecule has 1 fully saturated rings. The van der Waals surface area contributed by atoms with Gasteiger partial charge in [0.05, 0.1) is 4.91 Å². The third-order valence-corrected chi connectivity index (χ3v) is 5.14. The number of amides is 1. The predicted molar refractivity (Wildman–Crippen MR) is 95.8 cm³/mol. The van der Waals surface area contributed by atoms with Crippen molar-refractivity contribution in [3.63, 3.8) is 0 Å². The lowest BCUT2D eigenvalue weighted by Gasteiger charge is -2.22. The first-order valence-electron chi connectivity index (χ1n) is 6.68. The smallest absolute Gasteiger partial charge is 0.326 e. The fourth-order valence-electron chi connectivity index (χ4n) is 2.09. The van der Waals surface area contributed by atoms with Crippen LogP contribution in [0.4, 0.5) is 4.39 Å². The molecule has 1 atom stereocenters. The van der Waals surface area contributed by atoms with E-state index in [-0.39, 0.29) is 4.32 Å². The van der Waals surface area contributed by atoms with E-state index in [4.69, 9.17) is 12.2 Å². The second kappa shape index (κ2) is 7.94. The summed E-state index contributed by atoms with van der Waals surface area (Å²) in [6.07, 6.45) is 3.71. The van der Waals surface area contributed by atoms with Gasteiger partial charge in [0.2, 0.25) is 0 Å². The Labute approximate surface area is 147 Å². The van der Waals surface area contributed by atoms with Crippen LogP contribution in [0.3, 0.4) is 0 Å². The minimum Gasteiger partial charge on any atom is -0.480 e. The number of thioether (sulfide) groups is 2. The van der Waals surface area contributed by atoms with Crippen LogP contribution in [0.1, 0.15) is 12.0 Å². The van der Waals surface area contributed by atoms with Crippen molar-refractivity contribution in [1.82, 2.24) is 4.90 Å². The molecule has 0 saturated carbocycles. The number of hydrogen-bond acceptors (Lipinski definition) is 5. The van der Waals surface area contributed by atoms with Crippen LogP contribution >= 0.6 is 35.7 Å². The van der Waals surface area contributed by atoms with Gasteiger partial charge in [0.25, 0.3) is 5.91 Å². The molecular formula is C15H14FNO3S3. The normalized spacial score (nSPS) is 17.8. The Morgan fingerprint density at radius 1 is 1.57 bits per heavy atom. The maximum atomic E-state index is 13.2. The number of hydrogen-bond donors (Lipinski definition) is 1. The van der Waals surface area contributed by atoms with Crippen LogP contribution in [0, 0.1) is 5.82 Å². The van der Waals surface area contributed by atoms with Gasteiger partial charge in [-0.05, 0) is 42.2 Å². The maximum Gasteiger partial charge on any atom is 0.326 e. The number of carbonyl (C=O) groups excluding carboxylic acids is 1. The molecule has 0 radical (unpaired) electrons. The Kier molecular flexibility index (Phi) is 6.20. The highest BCUT2D eigenvalue weighted by atomic mass is 32.2. The topological polar surface area (TPSA) is 57.6 Å². The third-order valence-electron chi connectivity index (χ3n) is 3.16. The van der Waals surface area contributed by atoms with Crippen molar-refractivity contribution < 1.29 is 19.1 Å². The number of carboxylic acids is 1. The summed E-state index contributed by atoms with van der Waals surface area (Å²) in [6, 6.07) is 4.84. The van der Waals surface area contributed by atoms with Crippen molar-refractivity contribution in [1.29, 1.82) is 0 Å². The molecule has 1 aromatic rings. The number of nitrogens with zero attached hydrogens (tertiary/aromatic N) is 1. The van der Waals surface area contributed by atoms with Gasteiger partial charge in [0, 0.05) is 0 Å². The molecule has 122 valence electrons. The summed E-state index contributed by atoms with van der Waals surface area (Å²) in [5.74, 6) is -1.32. The molecule has 1 aliphatic rings. The van der Waals surface area contributed by atoms with Gasteiger partial charge < -0.3 is 5.11 Å². The van der Waals surface area contributed by atoms with Gasteiger partial charge in [-0.25, -0.2) is 9.18 Å². The fraction of sp³-hybridized carbons (Fsp3) is 0.267. The first-order valence-corrected chi connectivity index (χ1v) is 9.30. The van der Waals surface area contributed by atoms with Gasteiger partial charge in [-0.1, -0.05) is 36.1 Å². The SMILES string of the molecule is CSCCC(C(=O)O)N1C(=O)/C(=C\c2cccc(F)c2)SC1=S. The summed E-state index contributed by atoms with van der Waals surface area (Å²) in [4.78, 5) is 25.4. The van der Waals surface area contributed by atoms with E-state index >= 15 is 0 Å². The minimum atomic E-state index is -1.08. The zero-order chi connectivity index (χ0) is 17.0. The molecule has 1 saturated heterocycles. The number of rotatable bonds is 6. The Morgan fingerprint density at radius 3 is 2.91 bits per heavy atom. The number of thiocarbonyl (C=S) groups is 1. The molecule has 8 heteroatoms. The standard InChI is InChI=1S/C15H14FNO3S3/c1-22-6-5-11(14(19)20)17-13(18)12(23-15(17)21)8-9-3-2-4-10(16)7-9/h2-4,7-8,11H,5-6H2,1H3,(H,19,20)/b12-8+.